The van der Waals surface area contributed by atoms with Crippen LogP contribution in [-0.2, 0) is 9.59 Å². The van der Waals surface area contributed by atoms with Crippen molar-refractivity contribution >= 4 is 67.8 Å². The van der Waals surface area contributed by atoms with Gasteiger partial charge in [-0.1, -0.05) is 30.0 Å². The molecule has 1 N–H and O–H groups in total. The van der Waals surface area contributed by atoms with Crippen molar-refractivity contribution < 1.29 is 19.1 Å². The summed E-state index contributed by atoms with van der Waals surface area (Å²) in [4.78, 5) is 26.6. The quantitative estimate of drug-likeness (QED) is 0.430. The second kappa shape index (κ2) is 9.84. The Labute approximate surface area is 199 Å². The number of methoxy groups -OCH3 is 1. The van der Waals surface area contributed by atoms with E-state index < -0.39 is 0 Å². The van der Waals surface area contributed by atoms with Gasteiger partial charge in [-0.25, -0.2) is 0 Å². The van der Waals surface area contributed by atoms with Crippen LogP contribution in [0.15, 0.2) is 39.7 Å². The van der Waals surface area contributed by atoms with E-state index in [9.17, 15) is 9.59 Å². The van der Waals surface area contributed by atoms with E-state index >= 15 is 0 Å². The molecule has 31 heavy (non-hydrogen) atoms. The van der Waals surface area contributed by atoms with Gasteiger partial charge in [-0.3, -0.25) is 14.5 Å². The average molecular weight is 521 g/mol. The molecule has 2 amide bonds. The van der Waals surface area contributed by atoms with Gasteiger partial charge >= 0.3 is 0 Å². The van der Waals surface area contributed by atoms with Crippen LogP contribution in [0, 0.1) is 13.8 Å². The van der Waals surface area contributed by atoms with E-state index in [1.54, 1.807) is 25.3 Å². The first-order chi connectivity index (χ1) is 14.7. The summed E-state index contributed by atoms with van der Waals surface area (Å²) in [6.07, 6.45) is 1.74. The van der Waals surface area contributed by atoms with E-state index in [4.69, 9.17) is 21.7 Å². The van der Waals surface area contributed by atoms with Crippen molar-refractivity contribution in [3.05, 3.63) is 56.4 Å². The Hall–Kier alpha value is -2.36. The molecule has 0 atom stereocenters. The first-order valence-corrected chi connectivity index (χ1v) is 11.3. The lowest BCUT2D eigenvalue weighted by Crippen LogP contribution is -2.22. The van der Waals surface area contributed by atoms with Crippen LogP contribution in [-0.4, -0.2) is 41.8 Å². The molecule has 0 bridgehead atoms. The number of aryl methyl sites for hydroxylation is 2. The number of likely N-dealkylation sites (N-methyl/N-ethyl adjacent to an activating group) is 1. The van der Waals surface area contributed by atoms with Crippen molar-refractivity contribution in [3.63, 3.8) is 0 Å². The van der Waals surface area contributed by atoms with Crippen LogP contribution in [0.1, 0.15) is 16.7 Å². The zero-order valence-corrected chi connectivity index (χ0v) is 20.7. The number of amides is 2. The van der Waals surface area contributed by atoms with Gasteiger partial charge in [0, 0.05) is 12.7 Å². The Morgan fingerprint density at radius 2 is 1.90 bits per heavy atom. The van der Waals surface area contributed by atoms with Crippen molar-refractivity contribution in [3.8, 4) is 11.5 Å². The van der Waals surface area contributed by atoms with Gasteiger partial charge in [-0.2, -0.15) is 0 Å². The van der Waals surface area contributed by atoms with Gasteiger partial charge in [0.25, 0.3) is 11.8 Å². The zero-order valence-electron chi connectivity index (χ0n) is 17.4. The molecule has 0 spiro atoms. The number of rotatable bonds is 6. The van der Waals surface area contributed by atoms with Crippen molar-refractivity contribution in [2.45, 2.75) is 13.8 Å². The molecule has 162 valence electrons. The zero-order chi connectivity index (χ0) is 22.7. The third-order valence-electron chi connectivity index (χ3n) is 4.39. The molecule has 1 aliphatic heterocycles. The molecule has 0 aromatic heterocycles. The number of thioether (sulfide) groups is 1. The number of hydrogen-bond donors (Lipinski definition) is 1. The highest BCUT2D eigenvalue weighted by molar-refractivity contribution is 9.10. The minimum Gasteiger partial charge on any atom is -0.493 e. The number of hydrogen-bond acceptors (Lipinski definition) is 6. The van der Waals surface area contributed by atoms with E-state index in [-0.39, 0.29) is 18.4 Å². The predicted molar refractivity (Wildman–Crippen MR) is 132 cm³/mol. The number of halogens is 1. The van der Waals surface area contributed by atoms with Gasteiger partial charge in [-0.05, 0) is 76.8 Å². The Kier molecular flexibility index (Phi) is 7.40. The minimum absolute atomic E-state index is 0.145. The van der Waals surface area contributed by atoms with Crippen LogP contribution in [0.3, 0.4) is 0 Å². The highest BCUT2D eigenvalue weighted by Gasteiger charge is 2.28. The Morgan fingerprint density at radius 3 is 2.48 bits per heavy atom. The molecule has 9 heteroatoms. The Bertz CT molecular complexity index is 1080. The smallest absolute Gasteiger partial charge is 0.265 e. The fraction of sp³-hybridized carbons (Fsp3) is 0.227. The van der Waals surface area contributed by atoms with Crippen LogP contribution in [0.25, 0.3) is 6.08 Å². The number of benzene rings is 2. The molecule has 2 aromatic carbocycles. The maximum absolute atomic E-state index is 12.4. The number of nitrogens with one attached hydrogen (secondary N) is 1. The van der Waals surface area contributed by atoms with Gasteiger partial charge in [0.1, 0.15) is 4.32 Å². The van der Waals surface area contributed by atoms with Gasteiger partial charge in [-0.15, -0.1) is 0 Å². The topological polar surface area (TPSA) is 67.9 Å². The second-order valence-electron chi connectivity index (χ2n) is 6.99. The fourth-order valence-corrected chi connectivity index (χ4v) is 4.80. The number of anilines is 1. The number of nitrogens with zero attached hydrogens (tertiary/aromatic N) is 1. The first-order valence-electron chi connectivity index (χ1n) is 9.28. The lowest BCUT2D eigenvalue weighted by Gasteiger charge is -2.14. The molecular weight excluding hydrogens is 500 g/mol. The summed E-state index contributed by atoms with van der Waals surface area (Å²) in [5.41, 5.74) is 3.60. The van der Waals surface area contributed by atoms with E-state index in [1.807, 2.05) is 32.0 Å². The van der Waals surface area contributed by atoms with Crippen LogP contribution >= 0.6 is 39.9 Å². The third-order valence-corrected chi connectivity index (χ3v) is 6.46. The molecule has 6 nitrogen and oxygen atoms in total. The molecule has 2 aromatic rings. The van der Waals surface area contributed by atoms with Crippen LogP contribution in [0.5, 0.6) is 11.5 Å². The van der Waals surface area contributed by atoms with E-state index in [0.717, 1.165) is 22.4 Å². The standard InChI is InChI=1S/C22H21BrN2O4S2/c1-12-5-13(2)7-15(6-12)24-19(26)11-29-20-16(23)8-14(9-17(20)28-4)10-18-21(27)25(3)22(30)31-18/h5-10H,11H2,1-4H3,(H,24,26)/b18-10-. The third kappa shape index (κ3) is 5.66. The van der Waals surface area contributed by atoms with E-state index in [1.165, 1.54) is 23.8 Å². The van der Waals surface area contributed by atoms with Crippen LogP contribution in [0.2, 0.25) is 0 Å². The lowest BCUT2D eigenvalue weighted by atomic mass is 10.1. The summed E-state index contributed by atoms with van der Waals surface area (Å²) in [5, 5.41) is 2.84. The van der Waals surface area contributed by atoms with Gasteiger partial charge in [0.15, 0.2) is 18.1 Å². The maximum Gasteiger partial charge on any atom is 0.265 e. The normalized spacial score (nSPS) is 14.9. The lowest BCUT2D eigenvalue weighted by molar-refractivity contribution is -0.121. The highest BCUT2D eigenvalue weighted by atomic mass is 79.9. The van der Waals surface area contributed by atoms with Crippen molar-refractivity contribution in [2.24, 2.45) is 0 Å². The Balaban J connectivity index is 1.74. The van der Waals surface area contributed by atoms with Gasteiger partial charge < -0.3 is 14.8 Å². The average Bonchev–Trinajstić information content (AvgIpc) is 2.92. The fourth-order valence-electron chi connectivity index (χ4n) is 3.04. The summed E-state index contributed by atoms with van der Waals surface area (Å²) in [5.74, 6) is 0.410. The summed E-state index contributed by atoms with van der Waals surface area (Å²) in [7, 11) is 3.16. The SMILES string of the molecule is COc1cc(/C=C2\SC(=S)N(C)C2=O)cc(Br)c1OCC(=O)Nc1cc(C)cc(C)c1. The number of carbonyl (C=O) groups excluding carboxylic acids is 2. The summed E-state index contributed by atoms with van der Waals surface area (Å²) in [6.45, 7) is 3.76. The van der Waals surface area contributed by atoms with E-state index in [0.29, 0.717) is 25.2 Å². The first kappa shape index (κ1) is 23.3. The molecule has 0 radical (unpaired) electrons. The van der Waals surface area contributed by atoms with E-state index in [2.05, 4.69) is 21.2 Å². The summed E-state index contributed by atoms with van der Waals surface area (Å²) >= 11 is 9.88. The number of thiocarbonyl (C=S) groups is 1. The number of ether oxygens (including phenoxy) is 2. The molecular formula is C22H21BrN2O4S2. The van der Waals surface area contributed by atoms with Crippen LogP contribution < -0.4 is 14.8 Å². The molecule has 0 unspecified atom stereocenters. The second-order valence-corrected chi connectivity index (χ2v) is 9.52. The molecule has 0 saturated carbocycles. The largest absolute Gasteiger partial charge is 0.493 e. The molecule has 1 fully saturated rings. The van der Waals surface area contributed by atoms with Crippen LogP contribution in [0.4, 0.5) is 5.69 Å². The summed E-state index contributed by atoms with van der Waals surface area (Å²) < 4.78 is 12.3. The maximum atomic E-state index is 12.4. The predicted octanol–water partition coefficient (Wildman–Crippen LogP) is 4.92. The van der Waals surface area contributed by atoms with Gasteiger partial charge in [0.05, 0.1) is 16.5 Å². The molecule has 0 aliphatic carbocycles. The molecule has 1 aliphatic rings. The highest BCUT2D eigenvalue weighted by Crippen LogP contribution is 2.39. The number of carbonyl (C=O) groups is 2. The molecule has 1 saturated heterocycles. The molecule has 3 rings (SSSR count). The minimum atomic E-state index is -0.283. The van der Waals surface area contributed by atoms with Crippen molar-refractivity contribution in [1.82, 2.24) is 4.90 Å². The molecule has 1 heterocycles. The Morgan fingerprint density at radius 1 is 1.23 bits per heavy atom. The summed E-state index contributed by atoms with van der Waals surface area (Å²) in [6, 6.07) is 9.37. The van der Waals surface area contributed by atoms with Crippen molar-refractivity contribution in [2.75, 3.05) is 26.1 Å². The monoisotopic (exact) mass is 520 g/mol. The van der Waals surface area contributed by atoms with Crippen molar-refractivity contribution in [1.29, 1.82) is 0 Å². The van der Waals surface area contributed by atoms with Gasteiger partial charge in [0.2, 0.25) is 0 Å².